The fraction of sp³-hybridized carbons (Fsp3) is 0.188. The molecular formula is C16H15IO3. The number of para-hydroxylation sites is 1. The number of hydrogen-bond acceptors (Lipinski definition) is 3. The summed E-state index contributed by atoms with van der Waals surface area (Å²) in [4.78, 5) is 12.2. The van der Waals surface area contributed by atoms with Gasteiger partial charge in [0.15, 0.2) is 6.61 Å². The summed E-state index contributed by atoms with van der Waals surface area (Å²) in [6.07, 6.45) is 0. The molecule has 3 nitrogen and oxygen atoms in total. The summed E-state index contributed by atoms with van der Waals surface area (Å²) in [5, 5.41) is 0. The van der Waals surface area contributed by atoms with E-state index in [1.807, 2.05) is 43.3 Å². The van der Waals surface area contributed by atoms with Crippen molar-refractivity contribution < 1.29 is 14.3 Å². The van der Waals surface area contributed by atoms with Crippen molar-refractivity contribution >= 4 is 28.4 Å². The van der Waals surface area contributed by atoms with Gasteiger partial charge < -0.3 is 9.47 Å². The van der Waals surface area contributed by atoms with Gasteiger partial charge in [-0.15, -0.1) is 0 Å². The molecule has 0 bridgehead atoms. The first-order valence-corrected chi connectivity index (χ1v) is 7.25. The molecule has 2 rings (SSSR count). The normalized spacial score (nSPS) is 10.2. The number of carbonyl (C=O) groups excluding carboxylic acids is 1. The molecule has 0 aliphatic rings. The number of hydrogen-bond donors (Lipinski definition) is 0. The number of rotatable bonds is 5. The zero-order valence-corrected chi connectivity index (χ0v) is 13.5. The molecule has 0 aliphatic heterocycles. The maximum atomic E-state index is 12.2. The minimum absolute atomic E-state index is 0.000560. The molecule has 0 aromatic heterocycles. The SMILES string of the molecule is COc1cc(C)ccc1C(=O)COc1ccccc1I. The lowest BCUT2D eigenvalue weighted by atomic mass is 10.1. The molecule has 0 saturated carbocycles. The van der Waals surface area contributed by atoms with Crippen molar-refractivity contribution in [1.29, 1.82) is 0 Å². The minimum Gasteiger partial charge on any atom is -0.496 e. The lowest BCUT2D eigenvalue weighted by molar-refractivity contribution is 0.0918. The number of aryl methyl sites for hydroxylation is 1. The number of halogens is 1. The highest BCUT2D eigenvalue weighted by Crippen LogP contribution is 2.22. The van der Waals surface area contributed by atoms with E-state index in [9.17, 15) is 4.79 Å². The summed E-state index contributed by atoms with van der Waals surface area (Å²) in [5.74, 6) is 1.20. The maximum absolute atomic E-state index is 12.2. The maximum Gasteiger partial charge on any atom is 0.203 e. The van der Waals surface area contributed by atoms with E-state index in [1.54, 1.807) is 13.2 Å². The molecule has 4 heteroatoms. The molecule has 104 valence electrons. The molecule has 0 unspecified atom stereocenters. The second kappa shape index (κ2) is 6.74. The molecule has 0 heterocycles. The number of ketones is 1. The number of Topliss-reactive ketones (excluding diaryl/α,β-unsaturated/α-hetero) is 1. The zero-order chi connectivity index (χ0) is 14.5. The Morgan fingerprint density at radius 2 is 1.90 bits per heavy atom. The van der Waals surface area contributed by atoms with Crippen LogP contribution < -0.4 is 9.47 Å². The summed E-state index contributed by atoms with van der Waals surface area (Å²) in [6.45, 7) is 1.96. The van der Waals surface area contributed by atoms with Crippen LogP contribution in [0.5, 0.6) is 11.5 Å². The molecule has 0 saturated heterocycles. The van der Waals surface area contributed by atoms with Crippen LogP contribution >= 0.6 is 22.6 Å². The second-order valence-electron chi connectivity index (χ2n) is 4.35. The van der Waals surface area contributed by atoms with E-state index in [1.165, 1.54) is 0 Å². The Labute approximate surface area is 132 Å². The highest BCUT2D eigenvalue weighted by molar-refractivity contribution is 14.1. The van der Waals surface area contributed by atoms with Crippen LogP contribution in [-0.2, 0) is 0 Å². The Morgan fingerprint density at radius 1 is 1.15 bits per heavy atom. The van der Waals surface area contributed by atoms with Gasteiger partial charge in [0.25, 0.3) is 0 Å². The third-order valence-corrected chi connectivity index (χ3v) is 3.74. The monoisotopic (exact) mass is 382 g/mol. The number of methoxy groups -OCH3 is 1. The van der Waals surface area contributed by atoms with Crippen LogP contribution in [0.2, 0.25) is 0 Å². The van der Waals surface area contributed by atoms with E-state index >= 15 is 0 Å². The molecule has 0 atom stereocenters. The smallest absolute Gasteiger partial charge is 0.203 e. The van der Waals surface area contributed by atoms with Crippen molar-refractivity contribution in [3.63, 3.8) is 0 Å². The number of benzene rings is 2. The van der Waals surface area contributed by atoms with Gasteiger partial charge in [-0.2, -0.15) is 0 Å². The van der Waals surface area contributed by atoms with Gasteiger partial charge in [-0.05, 0) is 59.3 Å². The fourth-order valence-electron chi connectivity index (χ4n) is 1.81. The third kappa shape index (κ3) is 3.50. The van der Waals surface area contributed by atoms with Crippen molar-refractivity contribution in [3.8, 4) is 11.5 Å². The average molecular weight is 382 g/mol. The topological polar surface area (TPSA) is 35.5 Å². The lowest BCUT2D eigenvalue weighted by Gasteiger charge is -2.10. The van der Waals surface area contributed by atoms with Gasteiger partial charge in [-0.3, -0.25) is 4.79 Å². The Kier molecular flexibility index (Phi) is 5.00. The van der Waals surface area contributed by atoms with E-state index in [0.29, 0.717) is 17.1 Å². The summed E-state index contributed by atoms with van der Waals surface area (Å²) in [7, 11) is 1.56. The van der Waals surface area contributed by atoms with Crippen molar-refractivity contribution in [2.45, 2.75) is 6.92 Å². The van der Waals surface area contributed by atoms with Gasteiger partial charge in [0.05, 0.1) is 16.2 Å². The molecule has 0 aliphatic carbocycles. The van der Waals surface area contributed by atoms with Gasteiger partial charge in [0, 0.05) is 0 Å². The molecule has 2 aromatic carbocycles. The lowest BCUT2D eigenvalue weighted by Crippen LogP contribution is -2.13. The Bertz CT molecular complexity index is 623. The first kappa shape index (κ1) is 14.8. The van der Waals surface area contributed by atoms with Gasteiger partial charge in [0.2, 0.25) is 5.78 Å². The van der Waals surface area contributed by atoms with Gasteiger partial charge in [0.1, 0.15) is 11.5 Å². The van der Waals surface area contributed by atoms with Crippen LogP contribution in [0.15, 0.2) is 42.5 Å². The van der Waals surface area contributed by atoms with Crippen molar-refractivity contribution in [1.82, 2.24) is 0 Å². The van der Waals surface area contributed by atoms with Crippen molar-refractivity contribution in [2.24, 2.45) is 0 Å². The molecule has 0 fully saturated rings. The largest absolute Gasteiger partial charge is 0.496 e. The summed E-state index contributed by atoms with van der Waals surface area (Å²) >= 11 is 2.18. The van der Waals surface area contributed by atoms with Crippen LogP contribution in [0.3, 0.4) is 0 Å². The molecule has 0 amide bonds. The molecule has 0 radical (unpaired) electrons. The van der Waals surface area contributed by atoms with Crippen LogP contribution in [0.4, 0.5) is 0 Å². The van der Waals surface area contributed by atoms with E-state index in [4.69, 9.17) is 9.47 Å². The zero-order valence-electron chi connectivity index (χ0n) is 11.4. The standard InChI is InChI=1S/C16H15IO3/c1-11-7-8-12(16(9-11)19-2)14(18)10-20-15-6-4-3-5-13(15)17/h3-9H,10H2,1-2H3. The average Bonchev–Trinajstić information content (AvgIpc) is 2.46. The fourth-order valence-corrected chi connectivity index (χ4v) is 2.35. The summed E-state index contributed by atoms with van der Waals surface area (Å²) < 4.78 is 11.8. The van der Waals surface area contributed by atoms with E-state index in [-0.39, 0.29) is 12.4 Å². The molecule has 0 spiro atoms. The highest BCUT2D eigenvalue weighted by Gasteiger charge is 2.13. The van der Waals surface area contributed by atoms with Crippen LogP contribution in [0.1, 0.15) is 15.9 Å². The van der Waals surface area contributed by atoms with E-state index < -0.39 is 0 Å². The Hall–Kier alpha value is -1.56. The molecule has 20 heavy (non-hydrogen) atoms. The van der Waals surface area contributed by atoms with E-state index in [2.05, 4.69) is 22.6 Å². The first-order chi connectivity index (χ1) is 9.61. The molecule has 0 N–H and O–H groups in total. The second-order valence-corrected chi connectivity index (χ2v) is 5.51. The van der Waals surface area contributed by atoms with Gasteiger partial charge in [-0.25, -0.2) is 0 Å². The van der Waals surface area contributed by atoms with Gasteiger partial charge >= 0.3 is 0 Å². The van der Waals surface area contributed by atoms with E-state index in [0.717, 1.165) is 9.13 Å². The Morgan fingerprint density at radius 3 is 2.60 bits per heavy atom. The highest BCUT2D eigenvalue weighted by atomic mass is 127. The summed E-state index contributed by atoms with van der Waals surface area (Å²) in [6, 6.07) is 13.1. The van der Waals surface area contributed by atoms with Crippen LogP contribution in [0, 0.1) is 10.5 Å². The summed E-state index contributed by atoms with van der Waals surface area (Å²) in [5.41, 5.74) is 1.60. The van der Waals surface area contributed by atoms with Crippen LogP contribution in [-0.4, -0.2) is 19.5 Å². The van der Waals surface area contributed by atoms with Gasteiger partial charge in [-0.1, -0.05) is 18.2 Å². The predicted molar refractivity (Wildman–Crippen MR) is 86.7 cm³/mol. The van der Waals surface area contributed by atoms with Crippen molar-refractivity contribution in [3.05, 3.63) is 57.2 Å². The number of carbonyl (C=O) groups is 1. The number of ether oxygens (including phenoxy) is 2. The first-order valence-electron chi connectivity index (χ1n) is 6.17. The Balaban J connectivity index is 2.11. The minimum atomic E-state index is -0.0958. The predicted octanol–water partition coefficient (Wildman–Crippen LogP) is 3.87. The quantitative estimate of drug-likeness (QED) is 0.582. The molecular weight excluding hydrogens is 367 g/mol. The third-order valence-electron chi connectivity index (χ3n) is 2.85. The molecule has 2 aromatic rings. The van der Waals surface area contributed by atoms with Crippen molar-refractivity contribution in [2.75, 3.05) is 13.7 Å². The van der Waals surface area contributed by atoms with Crippen LogP contribution in [0.25, 0.3) is 0 Å².